The minimum atomic E-state index is 0.525. The lowest BCUT2D eigenvalue weighted by atomic mass is 10.1. The van der Waals surface area contributed by atoms with Crippen molar-refractivity contribution in [2.45, 2.75) is 50.1 Å². The van der Waals surface area contributed by atoms with Crippen molar-refractivity contribution in [2.24, 2.45) is 0 Å². The molecule has 1 N–H and O–H groups in total. The van der Waals surface area contributed by atoms with E-state index in [-0.39, 0.29) is 0 Å². The second kappa shape index (κ2) is 6.96. The van der Waals surface area contributed by atoms with Crippen LogP contribution in [0.25, 0.3) is 0 Å². The van der Waals surface area contributed by atoms with E-state index in [0.29, 0.717) is 6.04 Å². The molecule has 0 aliphatic heterocycles. The van der Waals surface area contributed by atoms with Crippen molar-refractivity contribution in [1.82, 2.24) is 5.32 Å². The molecule has 0 atom stereocenters. The van der Waals surface area contributed by atoms with Gasteiger partial charge in [0, 0.05) is 22.4 Å². The van der Waals surface area contributed by atoms with Crippen LogP contribution < -0.4 is 5.32 Å². The third-order valence-corrected chi connectivity index (χ3v) is 4.39. The molecule has 106 valence electrons. The van der Waals surface area contributed by atoms with Crippen LogP contribution in [-0.2, 0) is 6.54 Å². The summed E-state index contributed by atoms with van der Waals surface area (Å²) in [6, 6.07) is 16.0. The summed E-state index contributed by atoms with van der Waals surface area (Å²) in [6.45, 7) is 9.60. The molecule has 2 rings (SSSR count). The van der Waals surface area contributed by atoms with Gasteiger partial charge in [0.05, 0.1) is 0 Å². The Labute approximate surface area is 126 Å². The lowest BCUT2D eigenvalue weighted by Gasteiger charge is -2.11. The minimum absolute atomic E-state index is 0.525. The van der Waals surface area contributed by atoms with Crippen molar-refractivity contribution in [3.8, 4) is 0 Å². The Morgan fingerprint density at radius 1 is 1.00 bits per heavy atom. The average Bonchev–Trinajstić information content (AvgIpc) is 2.41. The highest BCUT2D eigenvalue weighted by Crippen LogP contribution is 2.30. The van der Waals surface area contributed by atoms with Gasteiger partial charge in [0.1, 0.15) is 0 Å². The third-order valence-electron chi connectivity index (χ3n) is 3.20. The molecule has 2 aromatic rings. The molecule has 0 saturated heterocycles. The normalized spacial score (nSPS) is 11.1. The van der Waals surface area contributed by atoms with Gasteiger partial charge in [-0.15, -0.1) is 0 Å². The monoisotopic (exact) mass is 285 g/mol. The zero-order valence-electron chi connectivity index (χ0n) is 12.7. The van der Waals surface area contributed by atoms with Gasteiger partial charge in [-0.05, 0) is 43.2 Å². The summed E-state index contributed by atoms with van der Waals surface area (Å²) in [4.78, 5) is 2.63. The topological polar surface area (TPSA) is 12.0 Å². The summed E-state index contributed by atoms with van der Waals surface area (Å²) in [5.41, 5.74) is 4.00. The number of hydrogen-bond acceptors (Lipinski definition) is 2. The second-order valence-corrected chi connectivity index (χ2v) is 6.67. The first-order valence-electron chi connectivity index (χ1n) is 7.12. The van der Waals surface area contributed by atoms with E-state index in [1.807, 2.05) is 11.8 Å². The molecule has 0 radical (unpaired) electrons. The van der Waals surface area contributed by atoms with Gasteiger partial charge in [-0.1, -0.05) is 55.4 Å². The van der Waals surface area contributed by atoms with E-state index >= 15 is 0 Å². The van der Waals surface area contributed by atoms with E-state index in [1.54, 1.807) is 0 Å². The van der Waals surface area contributed by atoms with Crippen LogP contribution in [-0.4, -0.2) is 6.04 Å². The number of nitrogens with one attached hydrogen (secondary N) is 1. The maximum atomic E-state index is 3.46. The average molecular weight is 285 g/mol. The lowest BCUT2D eigenvalue weighted by Crippen LogP contribution is -2.21. The summed E-state index contributed by atoms with van der Waals surface area (Å²) >= 11 is 1.84. The summed E-state index contributed by atoms with van der Waals surface area (Å²) in [7, 11) is 0. The Hall–Kier alpha value is -1.25. The van der Waals surface area contributed by atoms with Crippen molar-refractivity contribution < 1.29 is 0 Å². The van der Waals surface area contributed by atoms with Crippen molar-refractivity contribution in [2.75, 3.05) is 0 Å². The Morgan fingerprint density at radius 2 is 1.70 bits per heavy atom. The molecule has 0 heterocycles. The van der Waals surface area contributed by atoms with Crippen LogP contribution in [0.1, 0.15) is 30.5 Å². The van der Waals surface area contributed by atoms with Crippen molar-refractivity contribution in [1.29, 1.82) is 0 Å². The minimum Gasteiger partial charge on any atom is -0.310 e. The predicted molar refractivity (Wildman–Crippen MR) is 88.5 cm³/mol. The van der Waals surface area contributed by atoms with Crippen molar-refractivity contribution in [3.05, 3.63) is 59.2 Å². The van der Waals surface area contributed by atoms with E-state index in [2.05, 4.69) is 75.5 Å². The first-order chi connectivity index (χ1) is 9.54. The number of benzene rings is 2. The molecule has 0 saturated carbocycles. The predicted octanol–water partition coefficient (Wildman–Crippen LogP) is 4.95. The molecule has 0 fully saturated rings. The molecule has 0 amide bonds. The van der Waals surface area contributed by atoms with Crippen LogP contribution >= 0.6 is 11.8 Å². The number of aryl methyl sites for hydroxylation is 2. The van der Waals surface area contributed by atoms with Gasteiger partial charge in [-0.25, -0.2) is 0 Å². The van der Waals surface area contributed by atoms with Crippen LogP contribution in [0.5, 0.6) is 0 Å². The van der Waals surface area contributed by atoms with Crippen molar-refractivity contribution in [3.63, 3.8) is 0 Å². The van der Waals surface area contributed by atoms with Gasteiger partial charge < -0.3 is 5.32 Å². The van der Waals surface area contributed by atoms with Gasteiger partial charge >= 0.3 is 0 Å². The maximum absolute atomic E-state index is 3.46. The van der Waals surface area contributed by atoms with Crippen molar-refractivity contribution >= 4 is 11.8 Å². The van der Waals surface area contributed by atoms with Gasteiger partial charge in [0.2, 0.25) is 0 Å². The van der Waals surface area contributed by atoms with Gasteiger partial charge in [-0.2, -0.15) is 0 Å². The van der Waals surface area contributed by atoms with Crippen LogP contribution in [0.3, 0.4) is 0 Å². The van der Waals surface area contributed by atoms with E-state index in [4.69, 9.17) is 0 Å². The zero-order chi connectivity index (χ0) is 14.5. The second-order valence-electron chi connectivity index (χ2n) is 5.55. The zero-order valence-corrected chi connectivity index (χ0v) is 13.6. The Balaban J connectivity index is 2.07. The summed E-state index contributed by atoms with van der Waals surface area (Å²) in [6.07, 6.45) is 0. The van der Waals surface area contributed by atoms with Crippen LogP contribution in [0.15, 0.2) is 52.3 Å². The molecular formula is C18H23NS. The molecule has 2 aromatic carbocycles. The van der Waals surface area contributed by atoms with Gasteiger partial charge in [0.15, 0.2) is 0 Å². The first kappa shape index (κ1) is 15.1. The van der Waals surface area contributed by atoms with Crippen LogP contribution in [0.2, 0.25) is 0 Å². The maximum Gasteiger partial charge on any atom is 0.0207 e. The molecule has 0 aliphatic rings. The molecule has 0 spiro atoms. The molecule has 0 bridgehead atoms. The highest BCUT2D eigenvalue weighted by molar-refractivity contribution is 7.99. The molecule has 0 aromatic heterocycles. The van der Waals surface area contributed by atoms with E-state index in [9.17, 15) is 0 Å². The SMILES string of the molecule is Cc1ccc(Sc2ccc(CNC(C)C)cc2C)cc1. The van der Waals surface area contributed by atoms with Crippen LogP contribution in [0.4, 0.5) is 0 Å². The lowest BCUT2D eigenvalue weighted by molar-refractivity contribution is 0.588. The van der Waals surface area contributed by atoms with E-state index < -0.39 is 0 Å². The van der Waals surface area contributed by atoms with Crippen LogP contribution in [0, 0.1) is 13.8 Å². The number of rotatable bonds is 5. The molecule has 2 heteroatoms. The fourth-order valence-corrected chi connectivity index (χ4v) is 2.87. The standard InChI is InChI=1S/C18H23NS/c1-13(2)19-12-16-7-10-18(15(4)11-16)20-17-8-5-14(3)6-9-17/h5-11,13,19H,12H2,1-4H3. The summed E-state index contributed by atoms with van der Waals surface area (Å²) < 4.78 is 0. The molecule has 0 aliphatic carbocycles. The molecule has 0 unspecified atom stereocenters. The summed E-state index contributed by atoms with van der Waals surface area (Å²) in [5, 5.41) is 3.46. The number of hydrogen-bond donors (Lipinski definition) is 1. The Kier molecular flexibility index (Phi) is 5.27. The first-order valence-corrected chi connectivity index (χ1v) is 7.93. The third kappa shape index (κ3) is 4.39. The molecule has 1 nitrogen and oxygen atoms in total. The summed E-state index contributed by atoms with van der Waals surface area (Å²) in [5.74, 6) is 0. The molecular weight excluding hydrogens is 262 g/mol. The van der Waals surface area contributed by atoms with Gasteiger partial charge in [-0.3, -0.25) is 0 Å². The Morgan fingerprint density at radius 3 is 2.30 bits per heavy atom. The highest BCUT2D eigenvalue weighted by atomic mass is 32.2. The van der Waals surface area contributed by atoms with Gasteiger partial charge in [0.25, 0.3) is 0 Å². The quantitative estimate of drug-likeness (QED) is 0.834. The smallest absolute Gasteiger partial charge is 0.0207 e. The Bertz CT molecular complexity index is 558. The molecule has 20 heavy (non-hydrogen) atoms. The fourth-order valence-electron chi connectivity index (χ4n) is 1.99. The van der Waals surface area contributed by atoms with E-state index in [1.165, 1.54) is 26.5 Å². The largest absolute Gasteiger partial charge is 0.310 e. The van der Waals surface area contributed by atoms with E-state index in [0.717, 1.165) is 6.54 Å². The fraction of sp³-hybridized carbons (Fsp3) is 0.333. The highest BCUT2D eigenvalue weighted by Gasteiger charge is 2.03.